The van der Waals surface area contributed by atoms with E-state index in [2.05, 4.69) is 46.9 Å². The molecular formula is C22H30N4O2. The van der Waals surface area contributed by atoms with E-state index in [4.69, 9.17) is 0 Å². The highest BCUT2D eigenvalue weighted by molar-refractivity contribution is 5.94. The largest absolute Gasteiger partial charge is 0.508 e. The second-order valence-corrected chi connectivity index (χ2v) is 6.64. The topological polar surface area (TPSA) is 85.8 Å². The summed E-state index contributed by atoms with van der Waals surface area (Å²) in [5.41, 5.74) is 2.94. The number of nitrogens with one attached hydrogen (secondary N) is 3. The van der Waals surface area contributed by atoms with E-state index in [1.165, 1.54) is 17.2 Å². The molecule has 1 amide bonds. The predicted molar refractivity (Wildman–Crippen MR) is 114 cm³/mol. The first kappa shape index (κ1) is 21.3. The zero-order valence-electron chi connectivity index (χ0n) is 16.8. The number of hydrogen-bond donors (Lipinski definition) is 4. The summed E-state index contributed by atoms with van der Waals surface area (Å²) in [4.78, 5) is 16.6. The van der Waals surface area contributed by atoms with Crippen LogP contribution in [0.25, 0.3) is 0 Å². The van der Waals surface area contributed by atoms with Crippen LogP contribution in [0.4, 0.5) is 0 Å². The SMILES string of the molecule is CCNC(=NCCCNC(=O)c1cccc(O)c1)NC(C)c1ccccc1C. The van der Waals surface area contributed by atoms with Gasteiger partial charge in [-0.05, 0) is 56.5 Å². The first-order chi connectivity index (χ1) is 13.5. The van der Waals surface area contributed by atoms with Crippen LogP contribution in [0, 0.1) is 6.92 Å². The van der Waals surface area contributed by atoms with Crippen LogP contribution in [-0.4, -0.2) is 36.6 Å². The lowest BCUT2D eigenvalue weighted by molar-refractivity contribution is 0.0953. The highest BCUT2D eigenvalue weighted by Crippen LogP contribution is 2.16. The lowest BCUT2D eigenvalue weighted by Crippen LogP contribution is -2.39. The van der Waals surface area contributed by atoms with Crippen molar-refractivity contribution in [1.82, 2.24) is 16.0 Å². The number of aromatic hydroxyl groups is 1. The Hall–Kier alpha value is -3.02. The van der Waals surface area contributed by atoms with Crippen LogP contribution < -0.4 is 16.0 Å². The van der Waals surface area contributed by atoms with E-state index in [1.54, 1.807) is 18.2 Å². The Bertz CT molecular complexity index is 805. The zero-order valence-corrected chi connectivity index (χ0v) is 16.8. The van der Waals surface area contributed by atoms with E-state index < -0.39 is 0 Å². The van der Waals surface area contributed by atoms with E-state index in [1.807, 2.05) is 19.1 Å². The van der Waals surface area contributed by atoms with Crippen LogP contribution in [-0.2, 0) is 0 Å². The number of aryl methyl sites for hydroxylation is 1. The minimum Gasteiger partial charge on any atom is -0.508 e. The van der Waals surface area contributed by atoms with Gasteiger partial charge in [0.1, 0.15) is 5.75 Å². The number of carbonyl (C=O) groups excluding carboxylic acids is 1. The fraction of sp³-hybridized carbons (Fsp3) is 0.364. The lowest BCUT2D eigenvalue weighted by Gasteiger charge is -2.19. The van der Waals surface area contributed by atoms with Crippen LogP contribution in [0.5, 0.6) is 5.75 Å². The number of phenols is 1. The van der Waals surface area contributed by atoms with Gasteiger partial charge in [-0.1, -0.05) is 30.3 Å². The fourth-order valence-electron chi connectivity index (χ4n) is 2.90. The third kappa shape index (κ3) is 6.61. The minimum atomic E-state index is -0.196. The Kier molecular flexibility index (Phi) is 8.34. The van der Waals surface area contributed by atoms with Crippen molar-refractivity contribution in [2.75, 3.05) is 19.6 Å². The molecule has 0 aliphatic carbocycles. The van der Waals surface area contributed by atoms with E-state index in [0.717, 1.165) is 18.9 Å². The Morgan fingerprint density at radius 2 is 1.93 bits per heavy atom. The normalized spacial score (nSPS) is 12.3. The van der Waals surface area contributed by atoms with Gasteiger partial charge in [-0.15, -0.1) is 0 Å². The predicted octanol–water partition coefficient (Wildman–Crippen LogP) is 3.14. The van der Waals surface area contributed by atoms with Crippen molar-refractivity contribution < 1.29 is 9.90 Å². The summed E-state index contributed by atoms with van der Waals surface area (Å²) in [5, 5.41) is 19.0. The highest BCUT2D eigenvalue weighted by Gasteiger charge is 2.09. The number of rotatable bonds is 8. The molecule has 0 spiro atoms. The maximum Gasteiger partial charge on any atom is 0.251 e. The molecular weight excluding hydrogens is 352 g/mol. The number of aliphatic imine (C=N–C) groups is 1. The molecule has 0 aliphatic heterocycles. The van der Waals surface area contributed by atoms with Gasteiger partial charge in [0.05, 0.1) is 6.04 Å². The Morgan fingerprint density at radius 3 is 2.64 bits per heavy atom. The number of guanidine groups is 1. The van der Waals surface area contributed by atoms with Gasteiger partial charge < -0.3 is 21.1 Å². The third-order valence-electron chi connectivity index (χ3n) is 4.35. The summed E-state index contributed by atoms with van der Waals surface area (Å²) in [5.74, 6) is 0.650. The van der Waals surface area contributed by atoms with Crippen molar-refractivity contribution in [2.45, 2.75) is 33.2 Å². The Balaban J connectivity index is 1.82. The number of benzene rings is 2. The fourth-order valence-corrected chi connectivity index (χ4v) is 2.90. The van der Waals surface area contributed by atoms with Gasteiger partial charge in [-0.25, -0.2) is 0 Å². The van der Waals surface area contributed by atoms with Crippen molar-refractivity contribution in [3.05, 3.63) is 65.2 Å². The standard InChI is InChI=1S/C22H30N4O2/c1-4-23-22(26-17(3)20-12-6-5-9-16(20)2)25-14-8-13-24-21(28)18-10-7-11-19(27)15-18/h5-7,9-12,15,17,27H,4,8,13-14H2,1-3H3,(H,24,28)(H2,23,25,26). The van der Waals surface area contributed by atoms with Gasteiger partial charge >= 0.3 is 0 Å². The quantitative estimate of drug-likeness (QED) is 0.321. The maximum atomic E-state index is 12.0. The van der Waals surface area contributed by atoms with E-state index in [0.29, 0.717) is 18.7 Å². The van der Waals surface area contributed by atoms with Gasteiger partial charge in [-0.3, -0.25) is 9.79 Å². The summed E-state index contributed by atoms with van der Waals surface area (Å²) in [7, 11) is 0. The number of nitrogens with zero attached hydrogens (tertiary/aromatic N) is 1. The molecule has 0 aromatic heterocycles. The number of phenolic OH excluding ortho intramolecular Hbond substituents is 1. The first-order valence-electron chi connectivity index (χ1n) is 9.69. The van der Waals surface area contributed by atoms with Crippen molar-refractivity contribution in [1.29, 1.82) is 0 Å². The molecule has 0 saturated heterocycles. The molecule has 150 valence electrons. The summed E-state index contributed by atoms with van der Waals surface area (Å²) >= 11 is 0. The molecule has 0 saturated carbocycles. The summed E-state index contributed by atoms with van der Waals surface area (Å²) in [6.45, 7) is 8.14. The van der Waals surface area contributed by atoms with E-state index in [9.17, 15) is 9.90 Å². The van der Waals surface area contributed by atoms with Crippen LogP contribution in [0.3, 0.4) is 0 Å². The van der Waals surface area contributed by atoms with E-state index in [-0.39, 0.29) is 17.7 Å². The number of hydrogen-bond acceptors (Lipinski definition) is 3. The molecule has 0 fully saturated rings. The van der Waals surface area contributed by atoms with Crippen LogP contribution in [0.1, 0.15) is 47.8 Å². The van der Waals surface area contributed by atoms with Crippen molar-refractivity contribution in [3.8, 4) is 5.75 Å². The van der Waals surface area contributed by atoms with Gasteiger partial charge in [0.25, 0.3) is 5.91 Å². The summed E-state index contributed by atoms with van der Waals surface area (Å²) in [6.07, 6.45) is 0.722. The van der Waals surface area contributed by atoms with Crippen molar-refractivity contribution in [2.24, 2.45) is 4.99 Å². The van der Waals surface area contributed by atoms with E-state index >= 15 is 0 Å². The maximum absolute atomic E-state index is 12.0. The molecule has 6 heteroatoms. The van der Waals surface area contributed by atoms with Gasteiger partial charge in [0.2, 0.25) is 0 Å². The molecule has 2 aromatic carbocycles. The van der Waals surface area contributed by atoms with Gasteiger partial charge in [0.15, 0.2) is 5.96 Å². The molecule has 0 heterocycles. The van der Waals surface area contributed by atoms with Crippen LogP contribution in [0.15, 0.2) is 53.5 Å². The summed E-state index contributed by atoms with van der Waals surface area (Å²) in [6, 6.07) is 14.8. The zero-order chi connectivity index (χ0) is 20.4. The second-order valence-electron chi connectivity index (χ2n) is 6.64. The Morgan fingerprint density at radius 1 is 1.14 bits per heavy atom. The van der Waals surface area contributed by atoms with Crippen molar-refractivity contribution >= 4 is 11.9 Å². The average Bonchev–Trinajstić information content (AvgIpc) is 2.68. The molecule has 4 N–H and O–H groups in total. The molecule has 2 rings (SSSR count). The molecule has 1 atom stereocenters. The number of amides is 1. The first-order valence-corrected chi connectivity index (χ1v) is 9.69. The lowest BCUT2D eigenvalue weighted by atomic mass is 10.0. The molecule has 6 nitrogen and oxygen atoms in total. The van der Waals surface area contributed by atoms with Crippen molar-refractivity contribution in [3.63, 3.8) is 0 Å². The second kappa shape index (κ2) is 11.0. The smallest absolute Gasteiger partial charge is 0.251 e. The molecule has 0 bridgehead atoms. The minimum absolute atomic E-state index is 0.0846. The van der Waals surface area contributed by atoms with Crippen LogP contribution in [0.2, 0.25) is 0 Å². The van der Waals surface area contributed by atoms with Crippen LogP contribution >= 0.6 is 0 Å². The van der Waals surface area contributed by atoms with Gasteiger partial charge in [0, 0.05) is 25.2 Å². The monoisotopic (exact) mass is 382 g/mol. The number of carbonyl (C=O) groups is 1. The average molecular weight is 383 g/mol. The van der Waals surface area contributed by atoms with Gasteiger partial charge in [-0.2, -0.15) is 0 Å². The highest BCUT2D eigenvalue weighted by atomic mass is 16.3. The molecule has 28 heavy (non-hydrogen) atoms. The Labute approximate surface area is 167 Å². The molecule has 0 aliphatic rings. The summed E-state index contributed by atoms with van der Waals surface area (Å²) < 4.78 is 0. The molecule has 0 radical (unpaired) electrons. The molecule has 2 aromatic rings. The molecule has 1 unspecified atom stereocenters. The third-order valence-corrected chi connectivity index (χ3v) is 4.35.